The lowest BCUT2D eigenvalue weighted by atomic mass is 9.92. The van der Waals surface area contributed by atoms with Crippen molar-refractivity contribution in [2.45, 2.75) is 31.3 Å². The average molecular weight is 327 g/mol. The molecule has 2 aromatic rings. The maximum absolute atomic E-state index is 10.9. The fourth-order valence-corrected chi connectivity index (χ4v) is 4.14. The minimum atomic E-state index is -0.117. The number of isocyanates is 1. The van der Waals surface area contributed by atoms with Crippen LogP contribution >= 0.6 is 0 Å². The summed E-state index contributed by atoms with van der Waals surface area (Å²) in [6, 6.07) is 6.01. The number of fused-ring (bicyclic) bond motifs is 5. The number of rotatable bonds is 2. The highest BCUT2D eigenvalue weighted by Gasteiger charge is 2.39. The predicted octanol–water partition coefficient (Wildman–Crippen LogP) is 2.52. The van der Waals surface area contributed by atoms with E-state index in [1.807, 2.05) is 11.1 Å². The summed E-state index contributed by atoms with van der Waals surface area (Å²) >= 11 is 0. The van der Waals surface area contributed by atoms with E-state index in [0.717, 1.165) is 31.6 Å². The van der Waals surface area contributed by atoms with Gasteiger partial charge in [-0.3, -0.25) is 4.84 Å². The van der Waals surface area contributed by atoms with Crippen molar-refractivity contribution >= 4 is 17.0 Å². The maximum Gasteiger partial charge on any atom is 0.235 e. The summed E-state index contributed by atoms with van der Waals surface area (Å²) in [5.41, 5.74) is 3.67. The Bertz CT molecular complexity index is 823. The van der Waals surface area contributed by atoms with Crippen LogP contribution in [-0.2, 0) is 23.1 Å². The number of hydrogen-bond acceptors (Lipinski definition) is 5. The van der Waals surface area contributed by atoms with E-state index >= 15 is 0 Å². The number of carbonyl (C=O) groups excluding carboxylic acids is 1. The Labute approximate surface area is 140 Å². The van der Waals surface area contributed by atoms with Crippen molar-refractivity contribution in [2.75, 3.05) is 20.3 Å². The van der Waals surface area contributed by atoms with Crippen LogP contribution in [-0.4, -0.2) is 42.0 Å². The molecule has 4 rings (SSSR count). The van der Waals surface area contributed by atoms with Crippen LogP contribution in [0.3, 0.4) is 0 Å². The van der Waals surface area contributed by atoms with Gasteiger partial charge in [-0.05, 0) is 43.0 Å². The normalized spacial score (nSPS) is 23.9. The Hall–Kier alpha value is -2.14. The summed E-state index contributed by atoms with van der Waals surface area (Å²) in [4.78, 5) is 21.0. The summed E-state index contributed by atoms with van der Waals surface area (Å²) < 4.78 is 7.61. The summed E-state index contributed by atoms with van der Waals surface area (Å²) in [6.45, 7) is 1.48. The molecule has 6 heteroatoms. The van der Waals surface area contributed by atoms with Gasteiger partial charge in [0.25, 0.3) is 0 Å². The van der Waals surface area contributed by atoms with E-state index in [1.54, 1.807) is 13.2 Å². The van der Waals surface area contributed by atoms with Gasteiger partial charge in [0.15, 0.2) is 0 Å². The Morgan fingerprint density at radius 1 is 1.42 bits per heavy atom. The molecule has 0 saturated carbocycles. The van der Waals surface area contributed by atoms with Crippen LogP contribution < -0.4 is 4.74 Å². The van der Waals surface area contributed by atoms with Crippen molar-refractivity contribution in [3.8, 4) is 5.75 Å². The standard InChI is InChI=1S/C18H21N3O3/c1-20-16-6-5-12(23-2)10-14(16)13-7-8-21-18(17(13)20)15(19-11-22)4-3-9-24-21/h5-6,10,15,18H,3-4,7-9H2,1-2H3/t15-,18+/m1/s1. The first-order chi connectivity index (χ1) is 11.7. The molecule has 0 spiro atoms. The maximum atomic E-state index is 10.9. The Balaban J connectivity index is 1.93. The Morgan fingerprint density at radius 2 is 2.29 bits per heavy atom. The first-order valence-electron chi connectivity index (χ1n) is 8.36. The SMILES string of the molecule is COc1ccc2c(c1)c1c(n2C)[C@@H]2[C@H](N=C=O)CCCON2CC1. The second-order valence-electron chi connectivity index (χ2n) is 6.40. The average Bonchev–Trinajstić information content (AvgIpc) is 2.76. The molecule has 0 bridgehead atoms. The second kappa shape index (κ2) is 6.06. The second-order valence-corrected chi connectivity index (χ2v) is 6.40. The van der Waals surface area contributed by atoms with Crippen molar-refractivity contribution in [1.29, 1.82) is 0 Å². The van der Waals surface area contributed by atoms with Gasteiger partial charge in [-0.25, -0.2) is 9.79 Å². The topological polar surface area (TPSA) is 56.1 Å². The van der Waals surface area contributed by atoms with Gasteiger partial charge in [0, 0.05) is 30.2 Å². The summed E-state index contributed by atoms with van der Waals surface area (Å²) in [5.74, 6) is 0.859. The van der Waals surface area contributed by atoms with E-state index in [2.05, 4.69) is 28.7 Å². The van der Waals surface area contributed by atoms with Crippen molar-refractivity contribution in [2.24, 2.45) is 12.0 Å². The molecular formula is C18H21N3O3. The van der Waals surface area contributed by atoms with Crippen LogP contribution in [0.1, 0.15) is 30.1 Å². The fraction of sp³-hybridized carbons (Fsp3) is 0.500. The molecule has 2 atom stereocenters. The highest BCUT2D eigenvalue weighted by Crippen LogP contribution is 2.42. The smallest absolute Gasteiger partial charge is 0.235 e. The molecule has 0 N–H and O–H groups in total. The number of hydrogen-bond donors (Lipinski definition) is 0. The number of ether oxygens (including phenoxy) is 1. The number of benzene rings is 1. The van der Waals surface area contributed by atoms with Crippen LogP contribution in [0.15, 0.2) is 23.2 Å². The lowest BCUT2D eigenvalue weighted by molar-refractivity contribution is -0.187. The van der Waals surface area contributed by atoms with Gasteiger partial charge >= 0.3 is 0 Å². The van der Waals surface area contributed by atoms with Gasteiger partial charge in [-0.15, -0.1) is 0 Å². The predicted molar refractivity (Wildman–Crippen MR) is 89.7 cm³/mol. The molecule has 2 aliphatic rings. The molecule has 0 unspecified atom stereocenters. The van der Waals surface area contributed by atoms with E-state index in [-0.39, 0.29) is 12.1 Å². The molecule has 1 saturated heterocycles. The summed E-state index contributed by atoms with van der Waals surface area (Å²) in [7, 11) is 3.76. The third-order valence-electron chi connectivity index (χ3n) is 5.22. The number of aromatic nitrogens is 1. The first-order valence-corrected chi connectivity index (χ1v) is 8.36. The molecule has 1 aromatic heterocycles. The molecule has 1 aromatic carbocycles. The number of nitrogens with zero attached hydrogens (tertiary/aromatic N) is 3. The van der Waals surface area contributed by atoms with Crippen LogP contribution in [0.5, 0.6) is 5.75 Å². The van der Waals surface area contributed by atoms with Crippen LogP contribution in [0.25, 0.3) is 10.9 Å². The monoisotopic (exact) mass is 327 g/mol. The van der Waals surface area contributed by atoms with Gasteiger partial charge in [0.05, 0.1) is 25.8 Å². The largest absolute Gasteiger partial charge is 0.497 e. The van der Waals surface area contributed by atoms with Gasteiger partial charge in [-0.1, -0.05) is 0 Å². The van der Waals surface area contributed by atoms with E-state index in [0.29, 0.717) is 6.61 Å². The minimum Gasteiger partial charge on any atom is -0.497 e. The van der Waals surface area contributed by atoms with Gasteiger partial charge in [0.1, 0.15) is 5.75 Å². The molecule has 2 aliphatic heterocycles. The minimum absolute atomic E-state index is 0.0407. The molecule has 3 heterocycles. The van der Waals surface area contributed by atoms with Crippen LogP contribution in [0.2, 0.25) is 0 Å². The number of aryl methyl sites for hydroxylation is 1. The zero-order valence-electron chi connectivity index (χ0n) is 14.0. The molecule has 1 fully saturated rings. The number of aliphatic imine (C=N–C) groups is 1. The molecule has 24 heavy (non-hydrogen) atoms. The van der Waals surface area contributed by atoms with E-state index in [4.69, 9.17) is 9.57 Å². The lowest BCUT2D eigenvalue weighted by Crippen LogP contribution is -2.40. The third-order valence-corrected chi connectivity index (χ3v) is 5.22. The third kappa shape index (κ3) is 2.26. The lowest BCUT2D eigenvalue weighted by Gasteiger charge is -2.36. The fourth-order valence-electron chi connectivity index (χ4n) is 4.14. The summed E-state index contributed by atoms with van der Waals surface area (Å²) in [6.07, 6.45) is 4.41. The molecule has 6 nitrogen and oxygen atoms in total. The van der Waals surface area contributed by atoms with Crippen molar-refractivity contribution in [3.63, 3.8) is 0 Å². The van der Waals surface area contributed by atoms with Crippen LogP contribution in [0.4, 0.5) is 0 Å². The van der Waals surface area contributed by atoms with Crippen molar-refractivity contribution < 1.29 is 14.4 Å². The van der Waals surface area contributed by atoms with Gasteiger partial charge in [-0.2, -0.15) is 5.06 Å². The van der Waals surface area contributed by atoms with E-state index in [1.165, 1.54) is 22.2 Å². The first kappa shape index (κ1) is 15.4. The Kier molecular flexibility index (Phi) is 3.88. The van der Waals surface area contributed by atoms with Crippen molar-refractivity contribution in [3.05, 3.63) is 29.5 Å². The highest BCUT2D eigenvalue weighted by molar-refractivity contribution is 5.87. The van der Waals surface area contributed by atoms with Gasteiger partial charge in [0.2, 0.25) is 6.08 Å². The zero-order valence-corrected chi connectivity index (χ0v) is 14.0. The molecular weight excluding hydrogens is 306 g/mol. The highest BCUT2D eigenvalue weighted by atomic mass is 16.7. The molecule has 0 amide bonds. The van der Waals surface area contributed by atoms with Gasteiger partial charge < -0.3 is 9.30 Å². The molecule has 0 aliphatic carbocycles. The molecule has 0 radical (unpaired) electrons. The van der Waals surface area contributed by atoms with E-state index in [9.17, 15) is 4.79 Å². The van der Waals surface area contributed by atoms with E-state index < -0.39 is 0 Å². The zero-order chi connectivity index (χ0) is 16.7. The Morgan fingerprint density at radius 3 is 3.08 bits per heavy atom. The molecule has 126 valence electrons. The van der Waals surface area contributed by atoms with Crippen molar-refractivity contribution in [1.82, 2.24) is 9.63 Å². The number of hydroxylamine groups is 2. The summed E-state index contributed by atoms with van der Waals surface area (Å²) in [5, 5.41) is 3.22. The van der Waals surface area contributed by atoms with Crippen LogP contribution in [0, 0.1) is 0 Å². The number of methoxy groups -OCH3 is 1. The quantitative estimate of drug-likeness (QED) is 0.628.